The van der Waals surface area contributed by atoms with E-state index in [0.29, 0.717) is 26.1 Å². The standard InChI is InChI=1S/C29H38O8/c1-18-9-11-28-16-34-26(32)14-19(2)10-12-33-20(3)21(30)7-5-6-8-25(31)37-22-15-24(36-23(28)13-18)29(17-35-29)27(22,28)4/h5-8,13-14,20-24,30H,9-12,15-17H2,1-4H3/b7-5+,8-6?,19-14?. The number of hydrogen-bond acceptors (Lipinski definition) is 8. The third kappa shape index (κ3) is 4.42. The Labute approximate surface area is 218 Å². The summed E-state index contributed by atoms with van der Waals surface area (Å²) in [5, 5.41) is 10.3. The van der Waals surface area contributed by atoms with Crippen LogP contribution in [0, 0.1) is 10.8 Å². The first-order chi connectivity index (χ1) is 17.6. The van der Waals surface area contributed by atoms with Gasteiger partial charge in [0.1, 0.15) is 18.3 Å². The van der Waals surface area contributed by atoms with E-state index < -0.39 is 46.7 Å². The van der Waals surface area contributed by atoms with Gasteiger partial charge in [-0.1, -0.05) is 42.4 Å². The van der Waals surface area contributed by atoms with Crippen molar-refractivity contribution < 1.29 is 38.4 Å². The molecule has 3 aliphatic heterocycles. The molecule has 37 heavy (non-hydrogen) atoms. The summed E-state index contributed by atoms with van der Waals surface area (Å²) in [7, 11) is 0. The van der Waals surface area contributed by atoms with E-state index in [-0.39, 0.29) is 18.8 Å². The predicted molar refractivity (Wildman–Crippen MR) is 134 cm³/mol. The van der Waals surface area contributed by atoms with Gasteiger partial charge in [-0.2, -0.15) is 0 Å². The molecule has 8 nitrogen and oxygen atoms in total. The highest BCUT2D eigenvalue weighted by Crippen LogP contribution is 2.72. The Morgan fingerprint density at radius 2 is 1.81 bits per heavy atom. The van der Waals surface area contributed by atoms with Crippen molar-refractivity contribution >= 4 is 11.9 Å². The number of allylic oxidation sites excluding steroid dienone is 3. The monoisotopic (exact) mass is 514 g/mol. The molecule has 2 aliphatic carbocycles. The summed E-state index contributed by atoms with van der Waals surface area (Å²) in [6.07, 6.45) is 10.2. The van der Waals surface area contributed by atoms with E-state index in [0.717, 1.165) is 18.4 Å². The van der Waals surface area contributed by atoms with E-state index >= 15 is 0 Å². The molecule has 3 heterocycles. The van der Waals surface area contributed by atoms with Crippen LogP contribution >= 0.6 is 0 Å². The lowest BCUT2D eigenvalue weighted by molar-refractivity contribution is -0.232. The van der Waals surface area contributed by atoms with Crippen LogP contribution in [-0.2, 0) is 33.3 Å². The van der Waals surface area contributed by atoms with Gasteiger partial charge in [-0.05, 0) is 40.0 Å². The fourth-order valence-corrected chi connectivity index (χ4v) is 6.80. The van der Waals surface area contributed by atoms with Gasteiger partial charge in [0.15, 0.2) is 0 Å². The summed E-state index contributed by atoms with van der Waals surface area (Å²) in [6.45, 7) is 8.88. The number of carbonyl (C=O) groups excluding carboxylic acids is 2. The molecule has 5 aliphatic rings. The molecule has 8 heteroatoms. The number of ether oxygens (including phenoxy) is 5. The number of aliphatic hydroxyl groups is 1. The first-order valence-electron chi connectivity index (χ1n) is 13.3. The Balaban J connectivity index is 1.50. The summed E-state index contributed by atoms with van der Waals surface area (Å²) < 4.78 is 30.5. The second-order valence-electron chi connectivity index (χ2n) is 11.4. The molecule has 3 fully saturated rings. The molecule has 8 unspecified atom stereocenters. The maximum atomic E-state index is 12.9. The van der Waals surface area contributed by atoms with Gasteiger partial charge < -0.3 is 28.8 Å². The molecule has 202 valence electrons. The van der Waals surface area contributed by atoms with Gasteiger partial charge in [-0.25, -0.2) is 9.59 Å². The van der Waals surface area contributed by atoms with Gasteiger partial charge in [0, 0.05) is 24.0 Å². The number of epoxide rings is 1. The van der Waals surface area contributed by atoms with Crippen molar-refractivity contribution in [3.05, 3.63) is 47.6 Å². The van der Waals surface area contributed by atoms with Crippen LogP contribution in [0.2, 0.25) is 0 Å². The summed E-state index contributed by atoms with van der Waals surface area (Å²) in [5.74, 6) is -0.891. The minimum Gasteiger partial charge on any atom is -0.462 e. The number of esters is 2. The van der Waals surface area contributed by atoms with Crippen molar-refractivity contribution in [3.63, 3.8) is 0 Å². The Hall–Kier alpha value is -2.26. The molecule has 8 atom stereocenters. The third-order valence-corrected chi connectivity index (χ3v) is 9.32. The van der Waals surface area contributed by atoms with Crippen molar-refractivity contribution in [1.29, 1.82) is 0 Å². The second-order valence-corrected chi connectivity index (χ2v) is 11.4. The van der Waals surface area contributed by atoms with E-state index in [1.807, 2.05) is 6.92 Å². The first kappa shape index (κ1) is 26.4. The van der Waals surface area contributed by atoms with Crippen molar-refractivity contribution in [2.45, 2.75) is 89.5 Å². The molecule has 0 radical (unpaired) electrons. The van der Waals surface area contributed by atoms with Gasteiger partial charge in [-0.15, -0.1) is 0 Å². The topological polar surface area (TPSA) is 104 Å². The number of aliphatic hydroxyl groups excluding tert-OH is 1. The van der Waals surface area contributed by atoms with E-state index in [4.69, 9.17) is 23.7 Å². The largest absolute Gasteiger partial charge is 0.462 e. The molecule has 1 saturated carbocycles. The van der Waals surface area contributed by atoms with Crippen molar-refractivity contribution in [2.75, 3.05) is 19.8 Å². The van der Waals surface area contributed by atoms with Gasteiger partial charge in [-0.3, -0.25) is 0 Å². The maximum Gasteiger partial charge on any atom is 0.331 e. The average Bonchev–Trinajstić information content (AvgIpc) is 3.63. The molecule has 5 rings (SSSR count). The van der Waals surface area contributed by atoms with Gasteiger partial charge in [0.2, 0.25) is 0 Å². The van der Waals surface area contributed by atoms with E-state index in [1.165, 1.54) is 17.7 Å². The fraction of sp³-hybridized carbons (Fsp3) is 0.655. The molecule has 0 aromatic heterocycles. The molecule has 2 bridgehead atoms. The van der Waals surface area contributed by atoms with Gasteiger partial charge in [0.05, 0.1) is 43.0 Å². The normalized spacial score (nSPS) is 45.4. The van der Waals surface area contributed by atoms with Crippen LogP contribution in [-0.4, -0.2) is 73.0 Å². The van der Waals surface area contributed by atoms with Crippen molar-refractivity contribution in [1.82, 2.24) is 0 Å². The number of cyclic esters (lactones) is 1. The van der Waals surface area contributed by atoms with Crippen LogP contribution in [0.5, 0.6) is 0 Å². The van der Waals surface area contributed by atoms with Crippen LogP contribution in [0.1, 0.15) is 53.4 Å². The molecule has 0 aromatic carbocycles. The zero-order valence-electron chi connectivity index (χ0n) is 22.1. The van der Waals surface area contributed by atoms with Gasteiger partial charge >= 0.3 is 11.9 Å². The summed E-state index contributed by atoms with van der Waals surface area (Å²) in [6, 6.07) is 0. The fourth-order valence-electron chi connectivity index (χ4n) is 6.80. The van der Waals surface area contributed by atoms with Crippen LogP contribution in [0.25, 0.3) is 0 Å². The average molecular weight is 515 g/mol. The Kier molecular flexibility index (Phi) is 6.98. The molecule has 2 saturated heterocycles. The minimum absolute atomic E-state index is 0.144. The quantitative estimate of drug-likeness (QED) is 0.298. The van der Waals surface area contributed by atoms with Crippen molar-refractivity contribution in [3.8, 4) is 0 Å². The first-order valence-corrected chi connectivity index (χ1v) is 13.3. The molecular formula is C29H38O8. The van der Waals surface area contributed by atoms with E-state index in [2.05, 4.69) is 19.9 Å². The van der Waals surface area contributed by atoms with Crippen LogP contribution < -0.4 is 0 Å². The maximum absolute atomic E-state index is 12.9. The van der Waals surface area contributed by atoms with Crippen LogP contribution in [0.3, 0.4) is 0 Å². The summed E-state index contributed by atoms with van der Waals surface area (Å²) in [4.78, 5) is 25.8. The zero-order chi connectivity index (χ0) is 26.4. The Bertz CT molecular complexity index is 1050. The lowest BCUT2D eigenvalue weighted by atomic mass is 9.51. The van der Waals surface area contributed by atoms with Crippen LogP contribution in [0.15, 0.2) is 47.6 Å². The number of hydrogen-bond donors (Lipinski definition) is 1. The minimum atomic E-state index is -0.839. The van der Waals surface area contributed by atoms with Crippen LogP contribution in [0.4, 0.5) is 0 Å². The van der Waals surface area contributed by atoms with Crippen molar-refractivity contribution in [2.24, 2.45) is 10.8 Å². The highest BCUT2D eigenvalue weighted by Gasteiger charge is 2.83. The zero-order valence-corrected chi connectivity index (χ0v) is 22.1. The smallest absolute Gasteiger partial charge is 0.331 e. The SMILES string of the molecule is CC1=CC(=O)OCC23CCC(C)=CC2OC2CC(OC(=O)C=C/C=C/C(O)C(C)OCC1)C3(C)C21CO1. The predicted octanol–water partition coefficient (Wildman–Crippen LogP) is 3.34. The van der Waals surface area contributed by atoms with Gasteiger partial charge in [0.25, 0.3) is 0 Å². The lowest BCUT2D eigenvalue weighted by Crippen LogP contribution is -2.66. The Morgan fingerprint density at radius 1 is 1.03 bits per heavy atom. The van der Waals surface area contributed by atoms with E-state index in [9.17, 15) is 14.7 Å². The Morgan fingerprint density at radius 3 is 2.57 bits per heavy atom. The number of carbonyl (C=O) groups is 2. The highest BCUT2D eigenvalue weighted by atomic mass is 16.6. The summed E-state index contributed by atoms with van der Waals surface area (Å²) >= 11 is 0. The van der Waals surface area contributed by atoms with E-state index in [1.54, 1.807) is 25.2 Å². The molecular weight excluding hydrogens is 476 g/mol. The lowest BCUT2D eigenvalue weighted by Gasteiger charge is -2.58. The third-order valence-electron chi connectivity index (χ3n) is 9.32. The highest BCUT2D eigenvalue weighted by molar-refractivity contribution is 5.83. The molecule has 2 spiro atoms. The molecule has 0 amide bonds. The summed E-state index contributed by atoms with van der Waals surface area (Å²) in [5.41, 5.74) is 0.297. The molecule has 0 aromatic rings. The molecule has 1 N–H and O–H groups in total. The second kappa shape index (κ2) is 9.80. The number of rotatable bonds is 0.